The van der Waals surface area contributed by atoms with Gasteiger partial charge in [0.2, 0.25) is 5.88 Å². The van der Waals surface area contributed by atoms with Crippen LogP contribution in [0.3, 0.4) is 0 Å². The van der Waals surface area contributed by atoms with Crippen LogP contribution in [0.25, 0.3) is 5.88 Å². The second-order valence-electron chi connectivity index (χ2n) is 5.96. The molecule has 0 aliphatic carbocycles. The van der Waals surface area contributed by atoms with Crippen LogP contribution in [0.15, 0.2) is 47.1 Å². The zero-order chi connectivity index (χ0) is 21.8. The lowest BCUT2D eigenvalue weighted by Crippen LogP contribution is -2.21. The Morgan fingerprint density at radius 3 is 2.70 bits per heavy atom. The van der Waals surface area contributed by atoms with Gasteiger partial charge >= 0.3 is 5.97 Å². The summed E-state index contributed by atoms with van der Waals surface area (Å²) in [5.74, 6) is -1.33. The van der Waals surface area contributed by atoms with Crippen LogP contribution in [0.4, 0.5) is 11.4 Å². The molecule has 0 radical (unpaired) electrons. The van der Waals surface area contributed by atoms with Crippen LogP contribution in [0.1, 0.15) is 21.7 Å². The third-order valence-electron chi connectivity index (χ3n) is 3.98. The highest BCUT2D eigenvalue weighted by molar-refractivity contribution is 6.32. The fourth-order valence-corrected chi connectivity index (χ4v) is 2.85. The number of benzene rings is 1. The molecule has 2 heterocycles. The predicted molar refractivity (Wildman–Crippen MR) is 105 cm³/mol. The van der Waals surface area contributed by atoms with Gasteiger partial charge in [-0.2, -0.15) is 5.26 Å². The number of halogens is 1. The number of carbonyl (C=O) groups excluding carboxylic acids is 2. The van der Waals surface area contributed by atoms with Crippen molar-refractivity contribution in [2.75, 3.05) is 11.9 Å². The molecule has 152 valence electrons. The highest BCUT2D eigenvalue weighted by Crippen LogP contribution is 2.28. The minimum atomic E-state index is -0.913. The van der Waals surface area contributed by atoms with E-state index < -0.39 is 23.4 Å². The molecule has 0 spiro atoms. The predicted octanol–water partition coefficient (Wildman–Crippen LogP) is 3.61. The fourth-order valence-electron chi connectivity index (χ4n) is 2.66. The van der Waals surface area contributed by atoms with Crippen molar-refractivity contribution in [3.05, 3.63) is 74.7 Å². The first-order chi connectivity index (χ1) is 14.3. The van der Waals surface area contributed by atoms with Gasteiger partial charge in [0, 0.05) is 24.1 Å². The first-order valence-electron chi connectivity index (χ1n) is 8.39. The number of amides is 1. The van der Waals surface area contributed by atoms with E-state index in [9.17, 15) is 25.0 Å². The number of nitriles is 1. The molecular formula is C19H13ClN4O6. The van der Waals surface area contributed by atoms with Crippen LogP contribution >= 0.6 is 11.6 Å². The van der Waals surface area contributed by atoms with E-state index in [1.807, 2.05) is 6.07 Å². The van der Waals surface area contributed by atoms with E-state index in [2.05, 4.69) is 5.32 Å². The quantitative estimate of drug-likeness (QED) is 0.359. The molecule has 0 atom stereocenters. The van der Waals surface area contributed by atoms with Crippen molar-refractivity contribution < 1.29 is 23.7 Å². The summed E-state index contributed by atoms with van der Waals surface area (Å²) in [5.41, 5.74) is -0.380. The van der Waals surface area contributed by atoms with E-state index in [1.165, 1.54) is 23.6 Å². The van der Waals surface area contributed by atoms with Gasteiger partial charge in [-0.3, -0.25) is 19.5 Å². The van der Waals surface area contributed by atoms with Crippen LogP contribution in [0.5, 0.6) is 0 Å². The summed E-state index contributed by atoms with van der Waals surface area (Å²) in [6.45, 7) is 0.820. The van der Waals surface area contributed by atoms with Crippen molar-refractivity contribution in [1.82, 2.24) is 4.57 Å². The molecule has 3 rings (SSSR count). The minimum Gasteiger partial charge on any atom is -0.452 e. The molecule has 30 heavy (non-hydrogen) atoms. The Hall–Kier alpha value is -4.10. The number of nitrogens with one attached hydrogen (secondary N) is 1. The summed E-state index contributed by atoms with van der Waals surface area (Å²) in [6.07, 6.45) is 3.29. The molecule has 11 heteroatoms. The minimum absolute atomic E-state index is 0.0255. The lowest BCUT2D eigenvalue weighted by molar-refractivity contribution is -0.384. The van der Waals surface area contributed by atoms with Gasteiger partial charge in [0.1, 0.15) is 28.0 Å². The zero-order valence-electron chi connectivity index (χ0n) is 15.4. The van der Waals surface area contributed by atoms with Gasteiger partial charge in [-0.15, -0.1) is 0 Å². The maximum atomic E-state index is 12.4. The lowest BCUT2D eigenvalue weighted by Gasteiger charge is -2.07. The van der Waals surface area contributed by atoms with E-state index in [1.54, 1.807) is 24.5 Å². The molecule has 10 nitrogen and oxygen atoms in total. The number of hydrogen-bond acceptors (Lipinski definition) is 7. The van der Waals surface area contributed by atoms with Gasteiger partial charge in [0.05, 0.1) is 4.92 Å². The molecule has 1 amide bonds. The number of nitro groups is 1. The van der Waals surface area contributed by atoms with Crippen LogP contribution in [0, 0.1) is 28.4 Å². The number of carbonyl (C=O) groups is 2. The first-order valence-corrected chi connectivity index (χ1v) is 8.77. The van der Waals surface area contributed by atoms with Crippen LogP contribution in [0.2, 0.25) is 5.02 Å². The third-order valence-corrected chi connectivity index (χ3v) is 4.30. The van der Waals surface area contributed by atoms with Crippen molar-refractivity contribution in [2.24, 2.45) is 0 Å². The van der Waals surface area contributed by atoms with Crippen LogP contribution in [-0.2, 0) is 9.53 Å². The standard InChI is InChI=1S/C19H13ClN4O6/c1-11-17(13(9-21)18(30-11)23-6-2-3-7-23)19(26)29-10-16(25)22-12-4-5-14(20)15(8-12)24(27)28/h2-8H,10H2,1H3,(H,22,25). The van der Waals surface area contributed by atoms with Crippen LogP contribution in [-0.4, -0.2) is 28.0 Å². The Bertz CT molecular complexity index is 1180. The summed E-state index contributed by atoms with van der Waals surface area (Å²) >= 11 is 5.72. The van der Waals surface area contributed by atoms with Gasteiger partial charge in [0.25, 0.3) is 11.6 Å². The highest BCUT2D eigenvalue weighted by Gasteiger charge is 2.26. The molecule has 0 saturated heterocycles. The molecule has 0 saturated carbocycles. The summed E-state index contributed by atoms with van der Waals surface area (Å²) in [4.78, 5) is 34.7. The number of aromatic nitrogens is 1. The molecule has 1 aromatic carbocycles. The molecular weight excluding hydrogens is 416 g/mol. The van der Waals surface area contributed by atoms with Crippen molar-refractivity contribution in [3.8, 4) is 12.0 Å². The van der Waals surface area contributed by atoms with Crippen molar-refractivity contribution in [1.29, 1.82) is 5.26 Å². The largest absolute Gasteiger partial charge is 0.452 e. The molecule has 1 N–H and O–H groups in total. The lowest BCUT2D eigenvalue weighted by atomic mass is 10.1. The number of ether oxygens (including phenoxy) is 1. The maximum absolute atomic E-state index is 12.4. The second kappa shape index (κ2) is 8.50. The second-order valence-corrected chi connectivity index (χ2v) is 6.37. The number of nitrogens with zero attached hydrogens (tertiary/aromatic N) is 3. The smallest absolute Gasteiger partial charge is 0.343 e. The molecule has 3 aromatic rings. The number of furan rings is 1. The van der Waals surface area contributed by atoms with E-state index in [-0.39, 0.29) is 39.2 Å². The van der Waals surface area contributed by atoms with Crippen molar-refractivity contribution in [2.45, 2.75) is 6.92 Å². The summed E-state index contributed by atoms with van der Waals surface area (Å²) in [6, 6.07) is 9.07. The zero-order valence-corrected chi connectivity index (χ0v) is 16.2. The number of hydrogen-bond donors (Lipinski definition) is 1. The Morgan fingerprint density at radius 2 is 2.07 bits per heavy atom. The van der Waals surface area contributed by atoms with E-state index in [0.717, 1.165) is 6.07 Å². The Kier molecular flexibility index (Phi) is 5.85. The van der Waals surface area contributed by atoms with Gasteiger partial charge in [0.15, 0.2) is 6.61 Å². The first kappa shape index (κ1) is 20.6. The average molecular weight is 429 g/mol. The maximum Gasteiger partial charge on any atom is 0.343 e. The highest BCUT2D eigenvalue weighted by atomic mass is 35.5. The number of anilines is 1. The Morgan fingerprint density at radius 1 is 1.37 bits per heavy atom. The number of nitro benzene ring substituents is 1. The van der Waals surface area contributed by atoms with Gasteiger partial charge in [-0.05, 0) is 31.2 Å². The number of esters is 1. The Balaban J connectivity index is 1.71. The monoisotopic (exact) mass is 428 g/mol. The third kappa shape index (κ3) is 4.16. The number of rotatable bonds is 6. The van der Waals surface area contributed by atoms with Crippen LogP contribution < -0.4 is 5.32 Å². The summed E-state index contributed by atoms with van der Waals surface area (Å²) in [5, 5.41) is 22.7. The van der Waals surface area contributed by atoms with E-state index >= 15 is 0 Å². The molecule has 0 aliphatic rings. The van der Waals surface area contributed by atoms with E-state index in [4.69, 9.17) is 20.8 Å². The topological polar surface area (TPSA) is 140 Å². The summed E-state index contributed by atoms with van der Waals surface area (Å²) < 4.78 is 12.0. The summed E-state index contributed by atoms with van der Waals surface area (Å²) in [7, 11) is 0. The van der Waals surface area contributed by atoms with Crippen molar-refractivity contribution in [3.63, 3.8) is 0 Å². The molecule has 0 aliphatic heterocycles. The molecule has 0 fully saturated rings. The van der Waals surface area contributed by atoms with Crippen molar-refractivity contribution >= 4 is 34.9 Å². The van der Waals surface area contributed by atoms with E-state index in [0.29, 0.717) is 0 Å². The van der Waals surface area contributed by atoms with Gasteiger partial charge < -0.3 is 14.5 Å². The average Bonchev–Trinajstić information content (AvgIpc) is 3.34. The Labute approximate surface area is 174 Å². The molecule has 0 bridgehead atoms. The fraction of sp³-hybridized carbons (Fsp3) is 0.105. The van der Waals surface area contributed by atoms with Gasteiger partial charge in [-0.1, -0.05) is 11.6 Å². The molecule has 2 aromatic heterocycles. The molecule has 0 unspecified atom stereocenters. The normalized spacial score (nSPS) is 10.3. The SMILES string of the molecule is Cc1oc(-n2cccc2)c(C#N)c1C(=O)OCC(=O)Nc1ccc(Cl)c([N+](=O)[O-])c1. The number of aryl methyl sites for hydroxylation is 1. The van der Waals surface area contributed by atoms with Gasteiger partial charge in [-0.25, -0.2) is 4.79 Å².